The van der Waals surface area contributed by atoms with Crippen LogP contribution in [-0.4, -0.2) is 16.6 Å². The Kier molecular flexibility index (Phi) is 5.92. The third kappa shape index (κ3) is 4.10. The number of benzene rings is 1. The van der Waals surface area contributed by atoms with Gasteiger partial charge in [0.2, 0.25) is 0 Å². The highest BCUT2D eigenvalue weighted by atomic mass is 31.2. The van der Waals surface area contributed by atoms with Crippen LogP contribution in [-0.2, 0) is 13.6 Å². The van der Waals surface area contributed by atoms with E-state index in [-0.39, 0.29) is 24.2 Å². The van der Waals surface area contributed by atoms with Gasteiger partial charge in [0.25, 0.3) is 0 Å². The second kappa shape index (κ2) is 7.56. The molecule has 1 aliphatic rings. The Bertz CT molecular complexity index is 694. The molecule has 1 unspecified atom stereocenters. The van der Waals surface area contributed by atoms with Crippen molar-refractivity contribution in [2.75, 3.05) is 6.61 Å². The summed E-state index contributed by atoms with van der Waals surface area (Å²) in [5.41, 5.74) is 2.49. The Morgan fingerprint density at radius 2 is 2.08 bits per heavy atom. The maximum Gasteiger partial charge on any atom is 0.527 e. The van der Waals surface area contributed by atoms with Gasteiger partial charge in [-0.05, 0) is 51.2 Å². The molecule has 1 aliphatic carbocycles. The summed E-state index contributed by atoms with van der Waals surface area (Å²) in [5, 5.41) is 10.3. The molecule has 0 spiro atoms. The van der Waals surface area contributed by atoms with Crippen molar-refractivity contribution in [3.8, 4) is 5.75 Å². The van der Waals surface area contributed by atoms with Crippen LogP contribution in [0.3, 0.4) is 0 Å². The van der Waals surface area contributed by atoms with Gasteiger partial charge in [-0.3, -0.25) is 9.42 Å². The molecule has 0 aromatic heterocycles. The largest absolute Gasteiger partial charge is 0.527 e. The predicted molar refractivity (Wildman–Crippen MR) is 93.6 cm³/mol. The molecule has 0 heterocycles. The smallest absolute Gasteiger partial charge is 0.508 e. The van der Waals surface area contributed by atoms with E-state index in [4.69, 9.17) is 9.05 Å². The summed E-state index contributed by atoms with van der Waals surface area (Å²) in [6.07, 6.45) is 1.58. The quantitative estimate of drug-likeness (QED) is 0.563. The molecule has 5 nitrogen and oxygen atoms in total. The first-order valence-electron chi connectivity index (χ1n) is 8.06. The van der Waals surface area contributed by atoms with E-state index in [2.05, 4.69) is 6.58 Å². The standard InChI is InChI=1S/C18H25O5P/c1-5-22-24(20,21)23-18-13(4)10-11-14(12(2)3)17(18)15-8-6-7-9-16(15)19/h6-9,14,17,19H,2,5,10-11H2,1,3-4H3,(H,20,21)/t14-,17+/m0/s1. The molecule has 0 fully saturated rings. The van der Waals surface area contributed by atoms with Crippen molar-refractivity contribution in [2.24, 2.45) is 5.92 Å². The summed E-state index contributed by atoms with van der Waals surface area (Å²) in [5.74, 6) is 0.181. The summed E-state index contributed by atoms with van der Waals surface area (Å²) >= 11 is 0. The summed E-state index contributed by atoms with van der Waals surface area (Å²) in [6, 6.07) is 6.98. The fraction of sp³-hybridized carbons (Fsp3) is 0.444. The number of phosphoric acid groups is 1. The number of aromatic hydroxyl groups is 1. The lowest BCUT2D eigenvalue weighted by Crippen LogP contribution is -2.23. The van der Waals surface area contributed by atoms with Crippen LogP contribution in [0, 0.1) is 5.92 Å². The summed E-state index contributed by atoms with van der Waals surface area (Å²) in [4.78, 5) is 9.94. The van der Waals surface area contributed by atoms with Crippen LogP contribution in [0.15, 0.2) is 47.7 Å². The summed E-state index contributed by atoms with van der Waals surface area (Å²) < 4.78 is 22.5. The maximum atomic E-state index is 12.2. The second-order valence-electron chi connectivity index (χ2n) is 6.15. The number of allylic oxidation sites excluding steroid dienone is 3. The number of phosphoric ester groups is 1. The normalized spacial score (nSPS) is 23.7. The minimum absolute atomic E-state index is 0.0126. The van der Waals surface area contributed by atoms with E-state index in [1.165, 1.54) is 0 Å². The molecule has 0 bridgehead atoms. The summed E-state index contributed by atoms with van der Waals surface area (Å²) in [6.45, 7) is 9.56. The highest BCUT2D eigenvalue weighted by Gasteiger charge is 2.38. The number of para-hydroxylation sites is 1. The Balaban J connectivity index is 2.52. The molecule has 2 rings (SSSR count). The van der Waals surface area contributed by atoms with Gasteiger partial charge in [-0.2, -0.15) is 0 Å². The van der Waals surface area contributed by atoms with Gasteiger partial charge in [-0.15, -0.1) is 0 Å². The SMILES string of the molecule is C=C(C)[C@@H]1CCC(C)=C(OP(=O)(O)OCC)[C@H]1c1ccccc1O. The molecule has 132 valence electrons. The Morgan fingerprint density at radius 1 is 1.42 bits per heavy atom. The summed E-state index contributed by atoms with van der Waals surface area (Å²) in [7, 11) is -4.20. The van der Waals surface area contributed by atoms with Crippen LogP contribution >= 0.6 is 7.82 Å². The Labute approximate surface area is 143 Å². The highest BCUT2D eigenvalue weighted by Crippen LogP contribution is 2.54. The zero-order chi connectivity index (χ0) is 17.9. The molecule has 24 heavy (non-hydrogen) atoms. The molecule has 0 aliphatic heterocycles. The molecular formula is C18H25O5P. The first-order valence-corrected chi connectivity index (χ1v) is 9.56. The molecule has 1 aromatic rings. The number of hydrogen-bond donors (Lipinski definition) is 2. The molecule has 0 amide bonds. The van der Waals surface area contributed by atoms with E-state index in [9.17, 15) is 14.6 Å². The van der Waals surface area contributed by atoms with Crippen molar-refractivity contribution in [1.82, 2.24) is 0 Å². The van der Waals surface area contributed by atoms with Gasteiger partial charge in [-0.1, -0.05) is 30.4 Å². The lowest BCUT2D eigenvalue weighted by atomic mass is 9.73. The molecule has 0 saturated heterocycles. The van der Waals surface area contributed by atoms with Gasteiger partial charge in [0.05, 0.1) is 12.5 Å². The third-order valence-electron chi connectivity index (χ3n) is 4.35. The zero-order valence-corrected chi connectivity index (χ0v) is 15.3. The average molecular weight is 352 g/mol. The fourth-order valence-electron chi connectivity index (χ4n) is 3.20. The lowest BCUT2D eigenvalue weighted by molar-refractivity contribution is 0.169. The van der Waals surface area contributed by atoms with Gasteiger partial charge in [0, 0.05) is 5.56 Å². The van der Waals surface area contributed by atoms with Crippen molar-refractivity contribution in [3.05, 3.63) is 53.3 Å². The molecule has 0 saturated carbocycles. The van der Waals surface area contributed by atoms with Crippen LogP contribution in [0.1, 0.15) is 45.1 Å². The Hall–Kier alpha value is -1.55. The number of phenolic OH excluding ortho intramolecular Hbond substituents is 1. The number of hydrogen-bond acceptors (Lipinski definition) is 4. The number of rotatable bonds is 6. The Morgan fingerprint density at radius 3 is 2.67 bits per heavy atom. The average Bonchev–Trinajstić information content (AvgIpc) is 2.49. The van der Waals surface area contributed by atoms with E-state index >= 15 is 0 Å². The predicted octanol–water partition coefficient (Wildman–Crippen LogP) is 4.89. The lowest BCUT2D eigenvalue weighted by Gasteiger charge is -2.35. The third-order valence-corrected chi connectivity index (χ3v) is 5.36. The fourth-order valence-corrected chi connectivity index (χ4v) is 4.09. The van der Waals surface area contributed by atoms with E-state index in [1.54, 1.807) is 25.1 Å². The van der Waals surface area contributed by atoms with Gasteiger partial charge < -0.3 is 9.63 Å². The van der Waals surface area contributed by atoms with Crippen LogP contribution in [0.4, 0.5) is 0 Å². The van der Waals surface area contributed by atoms with E-state index in [0.29, 0.717) is 11.3 Å². The van der Waals surface area contributed by atoms with E-state index < -0.39 is 7.82 Å². The van der Waals surface area contributed by atoms with Gasteiger partial charge in [0.1, 0.15) is 11.5 Å². The topological polar surface area (TPSA) is 76.0 Å². The van der Waals surface area contributed by atoms with Crippen molar-refractivity contribution < 1.29 is 23.6 Å². The molecular weight excluding hydrogens is 327 g/mol. The van der Waals surface area contributed by atoms with Gasteiger partial charge in [-0.25, -0.2) is 4.57 Å². The van der Waals surface area contributed by atoms with Gasteiger partial charge >= 0.3 is 7.82 Å². The van der Waals surface area contributed by atoms with E-state index in [1.807, 2.05) is 19.9 Å². The molecule has 1 aromatic carbocycles. The van der Waals surface area contributed by atoms with Crippen molar-refractivity contribution in [1.29, 1.82) is 0 Å². The maximum absolute atomic E-state index is 12.2. The molecule has 3 atom stereocenters. The van der Waals surface area contributed by atoms with Crippen molar-refractivity contribution >= 4 is 7.82 Å². The van der Waals surface area contributed by atoms with Crippen LogP contribution < -0.4 is 0 Å². The highest BCUT2D eigenvalue weighted by molar-refractivity contribution is 7.47. The molecule has 6 heteroatoms. The van der Waals surface area contributed by atoms with E-state index in [0.717, 1.165) is 24.0 Å². The monoisotopic (exact) mass is 352 g/mol. The van der Waals surface area contributed by atoms with Gasteiger partial charge in [0.15, 0.2) is 0 Å². The first-order chi connectivity index (χ1) is 11.3. The first kappa shape index (κ1) is 18.8. The van der Waals surface area contributed by atoms with Crippen LogP contribution in [0.2, 0.25) is 0 Å². The zero-order valence-electron chi connectivity index (χ0n) is 14.4. The minimum atomic E-state index is -4.20. The molecule has 2 N–H and O–H groups in total. The van der Waals surface area contributed by atoms with Crippen molar-refractivity contribution in [3.63, 3.8) is 0 Å². The molecule has 0 radical (unpaired) electrons. The van der Waals surface area contributed by atoms with Crippen LogP contribution in [0.5, 0.6) is 5.75 Å². The number of phenols is 1. The van der Waals surface area contributed by atoms with Crippen LogP contribution in [0.25, 0.3) is 0 Å². The van der Waals surface area contributed by atoms with Crippen molar-refractivity contribution in [2.45, 2.75) is 39.5 Å². The second-order valence-corrected chi connectivity index (χ2v) is 7.53. The minimum Gasteiger partial charge on any atom is -0.508 e.